The van der Waals surface area contributed by atoms with Crippen molar-refractivity contribution in [3.63, 3.8) is 0 Å². The molecule has 0 unspecified atom stereocenters. The predicted molar refractivity (Wildman–Crippen MR) is 59.5 cm³/mol. The van der Waals surface area contributed by atoms with E-state index in [1.807, 2.05) is 18.7 Å². The van der Waals surface area contributed by atoms with Crippen molar-refractivity contribution < 1.29 is 9.59 Å². The molecule has 1 spiro atoms. The fraction of sp³-hybridized carbons (Fsp3) is 0.818. The number of carbonyl (C=O) groups excluding carboxylic acids is 2. The molecule has 2 aliphatic heterocycles. The van der Waals surface area contributed by atoms with Crippen molar-refractivity contribution in [3.8, 4) is 0 Å². The largest absolute Gasteiger partial charge is 0.342 e. The van der Waals surface area contributed by atoms with Crippen LogP contribution < -0.4 is 10.6 Å². The van der Waals surface area contributed by atoms with Gasteiger partial charge in [-0.05, 0) is 12.8 Å². The molecular weight excluding hydrogens is 206 g/mol. The summed E-state index contributed by atoms with van der Waals surface area (Å²) in [6.45, 7) is 5.73. The van der Waals surface area contributed by atoms with Gasteiger partial charge in [0.2, 0.25) is 11.8 Å². The van der Waals surface area contributed by atoms with E-state index >= 15 is 0 Å². The third kappa shape index (κ3) is 1.80. The Morgan fingerprint density at radius 3 is 2.44 bits per heavy atom. The van der Waals surface area contributed by atoms with Crippen LogP contribution >= 0.6 is 0 Å². The summed E-state index contributed by atoms with van der Waals surface area (Å²) in [5.41, 5.74) is -0.409. The molecule has 0 saturated carbocycles. The standard InChI is InChI=1S/C11H19N3O2/c1-8(2)9(15)14-5-3-11(4-6-14)10(16)12-7-13-11/h8,13H,3-7H2,1-2H3,(H,12,16). The quantitative estimate of drug-likeness (QED) is 0.643. The molecule has 90 valence electrons. The van der Waals surface area contributed by atoms with Crippen molar-refractivity contribution in [2.24, 2.45) is 5.92 Å². The first kappa shape index (κ1) is 11.4. The second-order valence-corrected chi connectivity index (χ2v) is 4.92. The Morgan fingerprint density at radius 2 is 2.00 bits per heavy atom. The lowest BCUT2D eigenvalue weighted by atomic mass is 9.87. The molecule has 5 heteroatoms. The van der Waals surface area contributed by atoms with Crippen molar-refractivity contribution in [2.75, 3.05) is 19.8 Å². The smallest absolute Gasteiger partial charge is 0.241 e. The summed E-state index contributed by atoms with van der Waals surface area (Å²) < 4.78 is 0. The number of hydrogen-bond acceptors (Lipinski definition) is 3. The molecule has 0 aromatic heterocycles. The monoisotopic (exact) mass is 225 g/mol. The van der Waals surface area contributed by atoms with Crippen molar-refractivity contribution >= 4 is 11.8 Å². The van der Waals surface area contributed by atoms with Crippen molar-refractivity contribution in [3.05, 3.63) is 0 Å². The molecule has 0 radical (unpaired) electrons. The average molecular weight is 225 g/mol. The highest BCUT2D eigenvalue weighted by atomic mass is 16.2. The third-order valence-corrected chi connectivity index (χ3v) is 3.53. The summed E-state index contributed by atoms with van der Waals surface area (Å²) >= 11 is 0. The van der Waals surface area contributed by atoms with E-state index in [0.717, 1.165) is 12.8 Å². The topological polar surface area (TPSA) is 61.4 Å². The summed E-state index contributed by atoms with van der Waals surface area (Å²) in [4.78, 5) is 25.3. The first-order valence-corrected chi connectivity index (χ1v) is 5.87. The van der Waals surface area contributed by atoms with Crippen LogP contribution in [0.5, 0.6) is 0 Å². The normalized spacial score (nSPS) is 23.9. The molecular formula is C11H19N3O2. The average Bonchev–Trinajstić information content (AvgIpc) is 2.61. The van der Waals surface area contributed by atoms with E-state index in [1.165, 1.54) is 0 Å². The molecule has 0 atom stereocenters. The molecule has 0 aromatic rings. The Morgan fingerprint density at radius 1 is 1.38 bits per heavy atom. The predicted octanol–water partition coefficient (Wildman–Crippen LogP) is -0.319. The van der Waals surface area contributed by atoms with Crippen LogP contribution in [0, 0.1) is 5.92 Å². The van der Waals surface area contributed by atoms with E-state index in [2.05, 4.69) is 10.6 Å². The van der Waals surface area contributed by atoms with Crippen LogP contribution in [0.1, 0.15) is 26.7 Å². The number of carbonyl (C=O) groups is 2. The van der Waals surface area contributed by atoms with Crippen LogP contribution in [0.4, 0.5) is 0 Å². The first-order chi connectivity index (χ1) is 7.55. The summed E-state index contributed by atoms with van der Waals surface area (Å²) in [5.74, 6) is 0.316. The highest BCUT2D eigenvalue weighted by Gasteiger charge is 2.44. The summed E-state index contributed by atoms with van der Waals surface area (Å²) in [6.07, 6.45) is 1.44. The first-order valence-electron chi connectivity index (χ1n) is 5.87. The summed E-state index contributed by atoms with van der Waals surface area (Å²) in [7, 11) is 0. The zero-order chi connectivity index (χ0) is 11.8. The van der Waals surface area contributed by atoms with E-state index in [-0.39, 0.29) is 17.7 Å². The Labute approximate surface area is 95.6 Å². The van der Waals surface area contributed by atoms with Crippen LogP contribution in [-0.4, -0.2) is 42.0 Å². The fourth-order valence-electron chi connectivity index (χ4n) is 2.42. The fourth-order valence-corrected chi connectivity index (χ4v) is 2.42. The third-order valence-electron chi connectivity index (χ3n) is 3.53. The van der Waals surface area contributed by atoms with Crippen molar-refractivity contribution in [1.29, 1.82) is 0 Å². The van der Waals surface area contributed by atoms with Gasteiger partial charge in [0.15, 0.2) is 0 Å². The number of hydrogen-bond donors (Lipinski definition) is 2. The van der Waals surface area contributed by atoms with Crippen LogP contribution in [0.25, 0.3) is 0 Å². The van der Waals surface area contributed by atoms with E-state index in [0.29, 0.717) is 19.8 Å². The Hall–Kier alpha value is -1.10. The minimum Gasteiger partial charge on any atom is -0.342 e. The number of rotatable bonds is 1. The van der Waals surface area contributed by atoms with Gasteiger partial charge >= 0.3 is 0 Å². The van der Waals surface area contributed by atoms with Crippen LogP contribution in [0.15, 0.2) is 0 Å². The number of nitrogens with one attached hydrogen (secondary N) is 2. The molecule has 16 heavy (non-hydrogen) atoms. The van der Waals surface area contributed by atoms with E-state index in [4.69, 9.17) is 0 Å². The minimum absolute atomic E-state index is 0.0411. The number of piperidine rings is 1. The SMILES string of the molecule is CC(C)C(=O)N1CCC2(CC1)NCNC2=O. The zero-order valence-electron chi connectivity index (χ0n) is 9.88. The maximum atomic E-state index is 11.8. The molecule has 2 rings (SSSR count). The van der Waals surface area contributed by atoms with Crippen molar-refractivity contribution in [1.82, 2.24) is 15.5 Å². The zero-order valence-corrected chi connectivity index (χ0v) is 9.88. The molecule has 0 aromatic carbocycles. The highest BCUT2D eigenvalue weighted by Crippen LogP contribution is 2.25. The summed E-state index contributed by atoms with van der Waals surface area (Å²) in [6, 6.07) is 0. The van der Waals surface area contributed by atoms with Crippen molar-refractivity contribution in [2.45, 2.75) is 32.2 Å². The number of nitrogens with zero attached hydrogens (tertiary/aromatic N) is 1. The highest BCUT2D eigenvalue weighted by molar-refractivity contribution is 5.88. The maximum absolute atomic E-state index is 11.8. The van der Waals surface area contributed by atoms with Gasteiger partial charge in [-0.1, -0.05) is 13.8 Å². The Balaban J connectivity index is 1.97. The van der Waals surface area contributed by atoms with E-state index in [9.17, 15) is 9.59 Å². The second-order valence-electron chi connectivity index (χ2n) is 4.92. The molecule has 2 heterocycles. The van der Waals surface area contributed by atoms with Crippen LogP contribution in [0.2, 0.25) is 0 Å². The van der Waals surface area contributed by atoms with Gasteiger partial charge in [-0.25, -0.2) is 0 Å². The number of likely N-dealkylation sites (tertiary alicyclic amines) is 1. The van der Waals surface area contributed by atoms with Gasteiger partial charge in [-0.15, -0.1) is 0 Å². The summed E-state index contributed by atoms with van der Waals surface area (Å²) in [5, 5.41) is 6.01. The van der Waals surface area contributed by atoms with E-state index < -0.39 is 5.54 Å². The number of amides is 2. The van der Waals surface area contributed by atoms with Gasteiger partial charge in [0.05, 0.1) is 6.67 Å². The van der Waals surface area contributed by atoms with Gasteiger partial charge in [0.1, 0.15) is 5.54 Å². The van der Waals surface area contributed by atoms with Gasteiger partial charge in [0, 0.05) is 19.0 Å². The molecule has 2 saturated heterocycles. The molecule has 0 bridgehead atoms. The Bertz CT molecular complexity index is 306. The minimum atomic E-state index is -0.409. The lowest BCUT2D eigenvalue weighted by molar-refractivity contribution is -0.138. The molecule has 2 amide bonds. The van der Waals surface area contributed by atoms with Gasteiger partial charge < -0.3 is 10.2 Å². The Kier molecular flexibility index (Phi) is 2.88. The molecule has 2 N–H and O–H groups in total. The molecule has 0 aliphatic carbocycles. The van der Waals surface area contributed by atoms with Crippen LogP contribution in [-0.2, 0) is 9.59 Å². The molecule has 5 nitrogen and oxygen atoms in total. The molecule has 2 aliphatic rings. The lowest BCUT2D eigenvalue weighted by Gasteiger charge is -2.38. The van der Waals surface area contributed by atoms with Crippen LogP contribution in [0.3, 0.4) is 0 Å². The van der Waals surface area contributed by atoms with Gasteiger partial charge in [-0.2, -0.15) is 0 Å². The molecule has 2 fully saturated rings. The van der Waals surface area contributed by atoms with Gasteiger partial charge in [0.25, 0.3) is 0 Å². The van der Waals surface area contributed by atoms with Gasteiger partial charge in [-0.3, -0.25) is 14.9 Å². The maximum Gasteiger partial charge on any atom is 0.241 e. The lowest BCUT2D eigenvalue weighted by Crippen LogP contribution is -2.56. The second kappa shape index (κ2) is 4.05. The van der Waals surface area contributed by atoms with E-state index in [1.54, 1.807) is 0 Å².